The monoisotopic (exact) mass is 232 g/mol. The van der Waals surface area contributed by atoms with Crippen LogP contribution in [0.1, 0.15) is 18.1 Å². The minimum atomic E-state index is -1.21. The molecule has 0 aliphatic carbocycles. The van der Waals surface area contributed by atoms with Crippen molar-refractivity contribution in [3.63, 3.8) is 0 Å². The predicted molar refractivity (Wildman–Crippen MR) is 53.0 cm³/mol. The molecule has 0 saturated carbocycles. The number of methoxy groups -OCH3 is 1. The number of rotatable bonds is 3. The van der Waals surface area contributed by atoms with Gasteiger partial charge in [0.1, 0.15) is 5.82 Å². The van der Waals surface area contributed by atoms with Gasteiger partial charge in [-0.1, -0.05) is 17.7 Å². The van der Waals surface area contributed by atoms with Crippen LogP contribution in [0, 0.1) is 5.82 Å². The first-order valence-corrected chi connectivity index (χ1v) is 4.62. The number of carbonyl (C=O) groups excluding carboxylic acids is 1. The van der Waals surface area contributed by atoms with Gasteiger partial charge >= 0.3 is 5.97 Å². The van der Waals surface area contributed by atoms with Gasteiger partial charge in [0, 0.05) is 10.6 Å². The van der Waals surface area contributed by atoms with Gasteiger partial charge in [0.15, 0.2) is 0 Å². The van der Waals surface area contributed by atoms with Crippen molar-refractivity contribution in [2.24, 2.45) is 0 Å². The second-order valence-corrected chi connectivity index (χ2v) is 3.40. The third-order valence-corrected chi connectivity index (χ3v) is 2.14. The Kier molecular flexibility index (Phi) is 4.05. The molecule has 15 heavy (non-hydrogen) atoms. The van der Waals surface area contributed by atoms with E-state index in [1.165, 1.54) is 19.2 Å². The molecule has 0 amide bonds. The summed E-state index contributed by atoms with van der Waals surface area (Å²) in [5, 5.41) is 9.75. The lowest BCUT2D eigenvalue weighted by atomic mass is 10.1. The van der Waals surface area contributed by atoms with Crippen LogP contribution in [0.15, 0.2) is 18.2 Å². The number of aliphatic hydroxyl groups is 1. The summed E-state index contributed by atoms with van der Waals surface area (Å²) in [6.07, 6.45) is -1.50. The molecule has 1 rings (SSSR count). The van der Waals surface area contributed by atoms with Gasteiger partial charge in [0.25, 0.3) is 0 Å². The standard InChI is InChI=1S/C10H10ClFO3/c1-15-10(14)5-9(13)7-3-2-6(11)4-8(7)12/h2-4,9,13H,5H2,1H3/t9-/m0/s1. The van der Waals surface area contributed by atoms with E-state index in [-0.39, 0.29) is 17.0 Å². The van der Waals surface area contributed by atoms with Crippen molar-refractivity contribution >= 4 is 17.6 Å². The minimum Gasteiger partial charge on any atom is -0.469 e. The Labute approximate surface area is 91.4 Å². The molecule has 1 atom stereocenters. The Morgan fingerprint density at radius 2 is 2.33 bits per heavy atom. The molecule has 0 fully saturated rings. The van der Waals surface area contributed by atoms with Crippen LogP contribution in [-0.2, 0) is 9.53 Å². The van der Waals surface area contributed by atoms with E-state index in [4.69, 9.17) is 11.6 Å². The first-order chi connectivity index (χ1) is 7.04. The van der Waals surface area contributed by atoms with Crippen molar-refractivity contribution < 1.29 is 19.0 Å². The van der Waals surface area contributed by atoms with E-state index < -0.39 is 17.9 Å². The normalized spacial score (nSPS) is 12.3. The van der Waals surface area contributed by atoms with Crippen molar-refractivity contribution in [3.05, 3.63) is 34.6 Å². The number of aliphatic hydroxyl groups excluding tert-OH is 1. The van der Waals surface area contributed by atoms with Gasteiger partial charge in [-0.15, -0.1) is 0 Å². The predicted octanol–water partition coefficient (Wildman–Crippen LogP) is 2.08. The minimum absolute atomic E-state index is 0.0322. The zero-order chi connectivity index (χ0) is 11.4. The average Bonchev–Trinajstić information content (AvgIpc) is 2.17. The van der Waals surface area contributed by atoms with Crippen molar-refractivity contribution in [1.82, 2.24) is 0 Å². The molecule has 0 unspecified atom stereocenters. The average molecular weight is 233 g/mol. The van der Waals surface area contributed by atoms with Crippen LogP contribution in [0.4, 0.5) is 4.39 Å². The van der Waals surface area contributed by atoms with Crippen molar-refractivity contribution in [2.45, 2.75) is 12.5 Å². The topological polar surface area (TPSA) is 46.5 Å². The Hall–Kier alpha value is -1.13. The van der Waals surface area contributed by atoms with E-state index in [9.17, 15) is 14.3 Å². The maximum atomic E-state index is 13.3. The quantitative estimate of drug-likeness (QED) is 0.812. The van der Waals surface area contributed by atoms with Gasteiger partial charge in [0.2, 0.25) is 0 Å². The van der Waals surface area contributed by atoms with Crippen LogP contribution < -0.4 is 0 Å². The SMILES string of the molecule is COC(=O)C[C@H](O)c1ccc(Cl)cc1F. The summed E-state index contributed by atoms with van der Waals surface area (Å²) >= 11 is 5.54. The highest BCUT2D eigenvalue weighted by Crippen LogP contribution is 2.23. The summed E-state index contributed by atoms with van der Waals surface area (Å²) in [4.78, 5) is 10.8. The van der Waals surface area contributed by atoms with E-state index in [2.05, 4.69) is 4.74 Å². The van der Waals surface area contributed by atoms with Crippen molar-refractivity contribution in [2.75, 3.05) is 7.11 Å². The molecule has 0 aliphatic heterocycles. The maximum absolute atomic E-state index is 13.3. The lowest BCUT2D eigenvalue weighted by molar-refractivity contribution is -0.142. The summed E-state index contributed by atoms with van der Waals surface area (Å²) in [5.74, 6) is -1.24. The summed E-state index contributed by atoms with van der Waals surface area (Å²) in [5.41, 5.74) is 0.0322. The number of hydrogen-bond acceptors (Lipinski definition) is 3. The summed E-state index contributed by atoms with van der Waals surface area (Å²) in [6.45, 7) is 0. The third kappa shape index (κ3) is 3.18. The first-order valence-electron chi connectivity index (χ1n) is 4.24. The molecular weight excluding hydrogens is 223 g/mol. The van der Waals surface area contributed by atoms with E-state index in [1.54, 1.807) is 0 Å². The number of ether oxygens (including phenoxy) is 1. The molecule has 0 radical (unpaired) electrons. The molecule has 0 bridgehead atoms. The fourth-order valence-electron chi connectivity index (χ4n) is 1.12. The Bertz CT molecular complexity index is 368. The molecule has 1 aromatic rings. The van der Waals surface area contributed by atoms with Gasteiger partial charge in [-0.3, -0.25) is 4.79 Å². The lowest BCUT2D eigenvalue weighted by Gasteiger charge is -2.10. The van der Waals surface area contributed by atoms with Crippen LogP contribution >= 0.6 is 11.6 Å². The van der Waals surface area contributed by atoms with Gasteiger partial charge < -0.3 is 9.84 Å². The third-order valence-electron chi connectivity index (χ3n) is 1.91. The van der Waals surface area contributed by atoms with E-state index >= 15 is 0 Å². The summed E-state index contributed by atoms with van der Waals surface area (Å²) in [7, 11) is 1.20. The van der Waals surface area contributed by atoms with E-state index in [0.29, 0.717) is 0 Å². The molecule has 0 aromatic heterocycles. The number of carbonyl (C=O) groups is 1. The molecule has 0 saturated heterocycles. The van der Waals surface area contributed by atoms with Crippen LogP contribution in [0.3, 0.4) is 0 Å². The number of benzene rings is 1. The van der Waals surface area contributed by atoms with E-state index in [1.807, 2.05) is 0 Å². The fourth-order valence-corrected chi connectivity index (χ4v) is 1.28. The van der Waals surface area contributed by atoms with Crippen LogP contribution in [-0.4, -0.2) is 18.2 Å². The smallest absolute Gasteiger partial charge is 0.308 e. The largest absolute Gasteiger partial charge is 0.469 e. The molecular formula is C10H10ClFO3. The lowest BCUT2D eigenvalue weighted by Crippen LogP contribution is -2.09. The Morgan fingerprint density at radius 3 is 2.87 bits per heavy atom. The number of halogens is 2. The highest BCUT2D eigenvalue weighted by molar-refractivity contribution is 6.30. The second kappa shape index (κ2) is 5.09. The summed E-state index contributed by atoms with van der Waals surface area (Å²) < 4.78 is 17.6. The number of esters is 1. The van der Waals surface area contributed by atoms with Crippen LogP contribution in [0.5, 0.6) is 0 Å². The van der Waals surface area contributed by atoms with Crippen molar-refractivity contribution in [1.29, 1.82) is 0 Å². The molecule has 1 N–H and O–H groups in total. The molecule has 1 aromatic carbocycles. The molecule has 0 spiro atoms. The van der Waals surface area contributed by atoms with Gasteiger partial charge in [-0.05, 0) is 12.1 Å². The Morgan fingerprint density at radius 1 is 1.67 bits per heavy atom. The Balaban J connectivity index is 2.82. The summed E-state index contributed by atoms with van der Waals surface area (Å²) in [6, 6.07) is 3.86. The highest BCUT2D eigenvalue weighted by Gasteiger charge is 2.17. The van der Waals surface area contributed by atoms with E-state index in [0.717, 1.165) is 6.07 Å². The van der Waals surface area contributed by atoms with Gasteiger partial charge in [-0.25, -0.2) is 4.39 Å². The highest BCUT2D eigenvalue weighted by atomic mass is 35.5. The molecule has 82 valence electrons. The van der Waals surface area contributed by atoms with Crippen LogP contribution in [0.25, 0.3) is 0 Å². The van der Waals surface area contributed by atoms with Gasteiger partial charge in [0.05, 0.1) is 19.6 Å². The molecule has 5 heteroatoms. The van der Waals surface area contributed by atoms with Crippen molar-refractivity contribution in [3.8, 4) is 0 Å². The molecule has 0 heterocycles. The van der Waals surface area contributed by atoms with Crippen LogP contribution in [0.2, 0.25) is 5.02 Å². The van der Waals surface area contributed by atoms with Gasteiger partial charge in [-0.2, -0.15) is 0 Å². The maximum Gasteiger partial charge on any atom is 0.308 e. The molecule has 3 nitrogen and oxygen atoms in total. The zero-order valence-electron chi connectivity index (χ0n) is 8.04. The second-order valence-electron chi connectivity index (χ2n) is 2.96. The fraction of sp³-hybridized carbons (Fsp3) is 0.300. The number of hydrogen-bond donors (Lipinski definition) is 1. The molecule has 0 aliphatic rings. The first kappa shape index (κ1) is 11.9. The zero-order valence-corrected chi connectivity index (χ0v) is 8.79.